The zero-order chi connectivity index (χ0) is 11.7. The second kappa shape index (κ2) is 3.81. The summed E-state index contributed by atoms with van der Waals surface area (Å²) in [6.45, 7) is 0. The number of nitrogen functional groups attached to an aromatic ring is 2. The molecule has 4 heteroatoms. The van der Waals surface area contributed by atoms with Crippen LogP contribution in [0, 0.1) is 11.6 Å². The maximum atomic E-state index is 13.0. The van der Waals surface area contributed by atoms with E-state index in [1.54, 1.807) is 18.2 Å². The van der Waals surface area contributed by atoms with E-state index < -0.39 is 11.6 Å². The molecule has 0 spiro atoms. The Balaban J connectivity index is 2.63. The van der Waals surface area contributed by atoms with E-state index in [-0.39, 0.29) is 0 Å². The highest BCUT2D eigenvalue weighted by atomic mass is 19.1. The Kier molecular flexibility index (Phi) is 2.48. The number of halogens is 2. The van der Waals surface area contributed by atoms with Crippen molar-refractivity contribution in [1.29, 1.82) is 0 Å². The molecule has 0 atom stereocenters. The lowest BCUT2D eigenvalue weighted by Crippen LogP contribution is -1.97. The Bertz CT molecular complexity index is 518. The lowest BCUT2D eigenvalue weighted by atomic mass is 10.0. The summed E-state index contributed by atoms with van der Waals surface area (Å²) in [5.41, 5.74) is 13.0. The van der Waals surface area contributed by atoms with Gasteiger partial charge in [0.1, 0.15) is 11.6 Å². The normalized spacial score (nSPS) is 10.4. The number of benzene rings is 2. The molecule has 0 amide bonds. The van der Waals surface area contributed by atoms with Gasteiger partial charge in [-0.25, -0.2) is 8.78 Å². The highest BCUT2D eigenvalue weighted by Crippen LogP contribution is 2.30. The molecule has 2 aromatic rings. The molecule has 0 unspecified atom stereocenters. The second-order valence-corrected chi connectivity index (χ2v) is 3.47. The van der Waals surface area contributed by atoms with Crippen molar-refractivity contribution in [3.63, 3.8) is 0 Å². The van der Waals surface area contributed by atoms with E-state index in [0.717, 1.165) is 6.07 Å². The molecule has 0 aliphatic heterocycles. The third-order valence-electron chi connectivity index (χ3n) is 2.31. The predicted molar refractivity (Wildman–Crippen MR) is 60.6 cm³/mol. The maximum Gasteiger partial charge on any atom is 0.126 e. The third kappa shape index (κ3) is 1.82. The summed E-state index contributed by atoms with van der Waals surface area (Å²) in [6.07, 6.45) is 0. The summed E-state index contributed by atoms with van der Waals surface area (Å²) >= 11 is 0. The summed E-state index contributed by atoms with van der Waals surface area (Å²) < 4.78 is 26.1. The van der Waals surface area contributed by atoms with Crippen LogP contribution in [0.3, 0.4) is 0 Å². The van der Waals surface area contributed by atoms with Crippen LogP contribution in [0.2, 0.25) is 0 Å². The van der Waals surface area contributed by atoms with E-state index in [1.165, 1.54) is 12.1 Å². The van der Waals surface area contributed by atoms with E-state index >= 15 is 0 Å². The van der Waals surface area contributed by atoms with Crippen LogP contribution >= 0.6 is 0 Å². The maximum absolute atomic E-state index is 13.0. The summed E-state index contributed by atoms with van der Waals surface area (Å²) in [4.78, 5) is 0. The van der Waals surface area contributed by atoms with Crippen LogP contribution < -0.4 is 11.5 Å². The number of hydrogen-bond donors (Lipinski definition) is 2. The minimum Gasteiger partial charge on any atom is -0.397 e. The van der Waals surface area contributed by atoms with E-state index in [4.69, 9.17) is 11.5 Å². The van der Waals surface area contributed by atoms with Crippen molar-refractivity contribution >= 4 is 11.4 Å². The number of para-hydroxylation sites is 1. The molecule has 0 bridgehead atoms. The molecular formula is C12H10F2N2. The van der Waals surface area contributed by atoms with Crippen LogP contribution in [0.25, 0.3) is 11.1 Å². The fourth-order valence-corrected chi connectivity index (χ4v) is 1.54. The Morgan fingerprint density at radius 3 is 2.12 bits per heavy atom. The van der Waals surface area contributed by atoms with Gasteiger partial charge in [-0.15, -0.1) is 0 Å². The van der Waals surface area contributed by atoms with Gasteiger partial charge in [-0.2, -0.15) is 0 Å². The highest BCUT2D eigenvalue weighted by molar-refractivity contribution is 5.84. The van der Waals surface area contributed by atoms with Gasteiger partial charge in [0.15, 0.2) is 0 Å². The predicted octanol–water partition coefficient (Wildman–Crippen LogP) is 2.80. The standard InChI is InChI=1S/C12H10F2N2/c13-8-4-7(5-9(14)6-8)10-2-1-3-11(15)12(10)16/h1-6H,15-16H2. The molecule has 0 saturated heterocycles. The Hall–Kier alpha value is -2.10. The van der Waals surface area contributed by atoms with E-state index in [9.17, 15) is 8.78 Å². The van der Waals surface area contributed by atoms with Crippen molar-refractivity contribution in [2.24, 2.45) is 0 Å². The first kappa shape index (κ1) is 10.4. The van der Waals surface area contributed by atoms with Gasteiger partial charge in [0, 0.05) is 11.6 Å². The van der Waals surface area contributed by atoms with Crippen LogP contribution in [-0.2, 0) is 0 Å². The van der Waals surface area contributed by atoms with Crippen LogP contribution in [0.5, 0.6) is 0 Å². The Morgan fingerprint density at radius 1 is 0.875 bits per heavy atom. The monoisotopic (exact) mass is 220 g/mol. The molecule has 0 aromatic heterocycles. The van der Waals surface area contributed by atoms with Crippen LogP contribution in [0.1, 0.15) is 0 Å². The highest BCUT2D eigenvalue weighted by Gasteiger charge is 2.07. The molecule has 2 nitrogen and oxygen atoms in total. The average molecular weight is 220 g/mol. The second-order valence-electron chi connectivity index (χ2n) is 3.47. The minimum atomic E-state index is -0.642. The topological polar surface area (TPSA) is 52.0 Å². The van der Waals surface area contributed by atoms with Gasteiger partial charge in [0.05, 0.1) is 11.4 Å². The van der Waals surface area contributed by atoms with E-state index in [2.05, 4.69) is 0 Å². The number of anilines is 2. The molecule has 0 aliphatic carbocycles. The van der Waals surface area contributed by atoms with Crippen LogP contribution in [-0.4, -0.2) is 0 Å². The van der Waals surface area contributed by atoms with Crippen LogP contribution in [0.4, 0.5) is 20.2 Å². The first-order valence-corrected chi connectivity index (χ1v) is 4.68. The van der Waals surface area contributed by atoms with Crippen LogP contribution in [0.15, 0.2) is 36.4 Å². The lowest BCUT2D eigenvalue weighted by molar-refractivity contribution is 0.584. The van der Waals surface area contributed by atoms with E-state index in [1.807, 2.05) is 0 Å². The van der Waals surface area contributed by atoms with E-state index in [0.29, 0.717) is 22.5 Å². The fraction of sp³-hybridized carbons (Fsp3) is 0. The summed E-state index contributed by atoms with van der Waals surface area (Å²) in [5.74, 6) is -1.28. The van der Waals surface area contributed by atoms with Crippen molar-refractivity contribution in [2.75, 3.05) is 11.5 Å². The number of nitrogens with two attached hydrogens (primary N) is 2. The summed E-state index contributed by atoms with van der Waals surface area (Å²) in [6, 6.07) is 8.23. The number of hydrogen-bond acceptors (Lipinski definition) is 2. The van der Waals surface area contributed by atoms with Gasteiger partial charge in [0.2, 0.25) is 0 Å². The molecule has 4 N–H and O–H groups in total. The van der Waals surface area contributed by atoms with Crippen molar-refractivity contribution < 1.29 is 8.78 Å². The molecule has 2 rings (SSSR count). The molecule has 0 fully saturated rings. The molecule has 0 heterocycles. The Morgan fingerprint density at radius 2 is 1.50 bits per heavy atom. The quantitative estimate of drug-likeness (QED) is 0.726. The molecule has 0 aliphatic rings. The molecule has 2 aromatic carbocycles. The first-order valence-electron chi connectivity index (χ1n) is 4.68. The first-order chi connectivity index (χ1) is 7.58. The van der Waals surface area contributed by atoms with Crippen molar-refractivity contribution in [3.05, 3.63) is 48.0 Å². The van der Waals surface area contributed by atoms with Gasteiger partial charge < -0.3 is 11.5 Å². The van der Waals surface area contributed by atoms with Gasteiger partial charge >= 0.3 is 0 Å². The summed E-state index contributed by atoms with van der Waals surface area (Å²) in [7, 11) is 0. The molecule has 0 saturated carbocycles. The van der Waals surface area contributed by atoms with Gasteiger partial charge in [-0.05, 0) is 23.8 Å². The van der Waals surface area contributed by atoms with Gasteiger partial charge in [-0.3, -0.25) is 0 Å². The van der Waals surface area contributed by atoms with Crippen molar-refractivity contribution in [1.82, 2.24) is 0 Å². The zero-order valence-corrected chi connectivity index (χ0v) is 8.37. The average Bonchev–Trinajstić information content (AvgIpc) is 2.20. The SMILES string of the molecule is Nc1cccc(-c2cc(F)cc(F)c2)c1N. The summed E-state index contributed by atoms with van der Waals surface area (Å²) in [5, 5.41) is 0. The van der Waals surface area contributed by atoms with Gasteiger partial charge in [0.25, 0.3) is 0 Å². The third-order valence-corrected chi connectivity index (χ3v) is 2.31. The Labute approximate surface area is 91.5 Å². The smallest absolute Gasteiger partial charge is 0.126 e. The molecule has 0 radical (unpaired) electrons. The molecular weight excluding hydrogens is 210 g/mol. The van der Waals surface area contributed by atoms with Crippen molar-refractivity contribution in [3.8, 4) is 11.1 Å². The fourth-order valence-electron chi connectivity index (χ4n) is 1.54. The minimum absolute atomic E-state index is 0.326. The zero-order valence-electron chi connectivity index (χ0n) is 8.37. The lowest BCUT2D eigenvalue weighted by Gasteiger charge is -2.08. The molecule has 16 heavy (non-hydrogen) atoms. The van der Waals surface area contributed by atoms with Gasteiger partial charge in [-0.1, -0.05) is 12.1 Å². The number of rotatable bonds is 1. The largest absolute Gasteiger partial charge is 0.397 e. The molecule has 82 valence electrons. The van der Waals surface area contributed by atoms with Crippen molar-refractivity contribution in [2.45, 2.75) is 0 Å².